The second-order valence-electron chi connectivity index (χ2n) is 6.60. The van der Waals surface area contributed by atoms with Gasteiger partial charge in [0, 0.05) is 24.2 Å². The highest BCUT2D eigenvalue weighted by atomic mass is 16.5. The first-order valence-electron chi connectivity index (χ1n) is 9.28. The number of aromatic nitrogens is 3. The molecule has 3 aromatic rings. The third-order valence-corrected chi connectivity index (χ3v) is 4.58. The zero-order valence-electron chi connectivity index (χ0n) is 15.9. The molecule has 1 aromatic heterocycles. The number of amides is 1. The molecule has 0 N–H and O–H groups in total. The van der Waals surface area contributed by atoms with Crippen molar-refractivity contribution in [2.75, 3.05) is 26.3 Å². The Hall–Kier alpha value is -3.52. The summed E-state index contributed by atoms with van der Waals surface area (Å²) in [6.45, 7) is 3.69. The van der Waals surface area contributed by atoms with E-state index < -0.39 is 0 Å². The van der Waals surface area contributed by atoms with Crippen molar-refractivity contribution in [3.05, 3.63) is 60.4 Å². The first-order chi connectivity index (χ1) is 14.1. The van der Waals surface area contributed by atoms with E-state index in [2.05, 4.69) is 10.1 Å². The summed E-state index contributed by atoms with van der Waals surface area (Å²) in [7, 11) is 0. The smallest absolute Gasteiger partial charge is 0.346 e. The van der Waals surface area contributed by atoms with Gasteiger partial charge in [-0.1, -0.05) is 0 Å². The molecule has 1 fully saturated rings. The van der Waals surface area contributed by atoms with Crippen molar-refractivity contribution >= 4 is 11.8 Å². The number of rotatable bonds is 4. The number of nitrogens with zero attached hydrogens (tertiary/aromatic N) is 4. The first-order valence-corrected chi connectivity index (χ1v) is 9.28. The second-order valence-corrected chi connectivity index (χ2v) is 6.60. The van der Waals surface area contributed by atoms with E-state index in [1.54, 1.807) is 41.3 Å². The predicted octanol–water partition coefficient (Wildman–Crippen LogP) is 3.24. The number of benzene rings is 2. The molecule has 0 bridgehead atoms. The van der Waals surface area contributed by atoms with Crippen molar-refractivity contribution in [3.8, 4) is 22.9 Å². The van der Waals surface area contributed by atoms with Crippen LogP contribution in [0.5, 0.6) is 11.5 Å². The Kier molecular flexibility index (Phi) is 5.35. The second kappa shape index (κ2) is 8.24. The van der Waals surface area contributed by atoms with Crippen LogP contribution in [0.25, 0.3) is 11.4 Å². The van der Waals surface area contributed by atoms with Crippen LogP contribution in [-0.4, -0.2) is 57.8 Å². The van der Waals surface area contributed by atoms with Crippen LogP contribution in [0.3, 0.4) is 0 Å². The van der Waals surface area contributed by atoms with Gasteiger partial charge in [-0.15, -0.1) is 5.10 Å². The molecule has 0 aliphatic carbocycles. The fraction of sp³-hybridized carbons (Fsp3) is 0.238. The Bertz CT molecular complexity index is 1010. The summed E-state index contributed by atoms with van der Waals surface area (Å²) >= 11 is 0. The molecule has 2 aromatic carbocycles. The summed E-state index contributed by atoms with van der Waals surface area (Å²) in [5.74, 6) is 1.76. The summed E-state index contributed by atoms with van der Waals surface area (Å²) in [6.07, 6.45) is 1.42. The average Bonchev–Trinajstić information content (AvgIpc) is 3.25. The molecule has 4 rings (SSSR count). The maximum absolute atomic E-state index is 12.5. The molecule has 2 heterocycles. The Morgan fingerprint density at radius 2 is 1.59 bits per heavy atom. The van der Waals surface area contributed by atoms with Gasteiger partial charge in [0.25, 0.3) is 0 Å². The number of carbonyl (C=O) groups excluding carboxylic acids is 2. The van der Waals surface area contributed by atoms with E-state index in [9.17, 15) is 9.59 Å². The van der Waals surface area contributed by atoms with Gasteiger partial charge in [-0.3, -0.25) is 4.79 Å². The van der Waals surface area contributed by atoms with Crippen LogP contribution in [0.15, 0.2) is 54.9 Å². The van der Waals surface area contributed by atoms with Gasteiger partial charge in [-0.2, -0.15) is 4.68 Å². The van der Waals surface area contributed by atoms with Crippen molar-refractivity contribution in [2.24, 2.45) is 0 Å². The molecule has 1 saturated heterocycles. The van der Waals surface area contributed by atoms with Crippen molar-refractivity contribution in [1.29, 1.82) is 0 Å². The Morgan fingerprint density at radius 3 is 2.21 bits per heavy atom. The normalized spacial score (nSPS) is 13.9. The molecule has 1 aliphatic heterocycles. The highest BCUT2D eigenvalue weighted by Crippen LogP contribution is 2.24. The molecule has 0 atom stereocenters. The van der Waals surface area contributed by atoms with Crippen LogP contribution >= 0.6 is 0 Å². The van der Waals surface area contributed by atoms with Crippen LogP contribution in [-0.2, 0) is 4.74 Å². The topological polar surface area (TPSA) is 86.5 Å². The van der Waals surface area contributed by atoms with Crippen LogP contribution in [0.1, 0.15) is 17.3 Å². The quantitative estimate of drug-likeness (QED) is 0.634. The monoisotopic (exact) mass is 392 g/mol. The summed E-state index contributed by atoms with van der Waals surface area (Å²) in [6, 6.07) is 14.0. The highest BCUT2D eigenvalue weighted by Gasteiger charge is 2.20. The van der Waals surface area contributed by atoms with E-state index in [0.29, 0.717) is 49.2 Å². The van der Waals surface area contributed by atoms with Crippen molar-refractivity contribution in [1.82, 2.24) is 19.7 Å². The molecule has 8 heteroatoms. The molecule has 1 amide bonds. The van der Waals surface area contributed by atoms with Crippen LogP contribution in [0.2, 0.25) is 0 Å². The maximum atomic E-state index is 12.5. The minimum atomic E-state index is -0.207. The van der Waals surface area contributed by atoms with Gasteiger partial charge in [0.05, 0.1) is 13.2 Å². The fourth-order valence-corrected chi connectivity index (χ4v) is 2.95. The minimum absolute atomic E-state index is 0.0138. The molecule has 8 nitrogen and oxygen atoms in total. The Morgan fingerprint density at radius 1 is 0.966 bits per heavy atom. The molecule has 1 aliphatic rings. The van der Waals surface area contributed by atoms with Crippen LogP contribution < -0.4 is 4.74 Å². The van der Waals surface area contributed by atoms with E-state index in [1.807, 2.05) is 12.1 Å². The van der Waals surface area contributed by atoms with Gasteiger partial charge in [0.1, 0.15) is 17.8 Å². The summed E-state index contributed by atoms with van der Waals surface area (Å²) in [4.78, 5) is 29.7. The lowest BCUT2D eigenvalue weighted by Crippen LogP contribution is -2.43. The Balaban J connectivity index is 1.43. The Labute approximate surface area is 167 Å². The zero-order valence-corrected chi connectivity index (χ0v) is 15.9. The van der Waals surface area contributed by atoms with E-state index in [4.69, 9.17) is 9.47 Å². The standard InChI is InChI=1S/C21H20N4O4/c1-15(26)16-2-6-18(7-3-16)29-19-8-4-17(5-9-19)20-22-14-25(23-20)21(27)24-10-12-28-13-11-24/h2-9,14H,10-13H2,1H3. The number of hydrogen-bond donors (Lipinski definition) is 0. The van der Waals surface area contributed by atoms with Crippen molar-refractivity contribution in [2.45, 2.75) is 6.92 Å². The number of morpholine rings is 1. The van der Waals surface area contributed by atoms with Gasteiger partial charge in [0.2, 0.25) is 0 Å². The number of ether oxygens (including phenoxy) is 2. The maximum Gasteiger partial charge on any atom is 0.346 e. The van der Waals surface area contributed by atoms with E-state index >= 15 is 0 Å². The third-order valence-electron chi connectivity index (χ3n) is 4.58. The van der Waals surface area contributed by atoms with E-state index in [0.717, 1.165) is 5.56 Å². The SMILES string of the molecule is CC(=O)c1ccc(Oc2ccc(-c3ncn(C(=O)N4CCOCC4)n3)cc2)cc1. The largest absolute Gasteiger partial charge is 0.457 e. The molecule has 0 spiro atoms. The average molecular weight is 392 g/mol. The summed E-state index contributed by atoms with van der Waals surface area (Å²) in [5, 5.41) is 4.30. The zero-order chi connectivity index (χ0) is 20.2. The van der Waals surface area contributed by atoms with Crippen LogP contribution in [0.4, 0.5) is 4.79 Å². The molecule has 148 valence electrons. The number of Topliss-reactive ketones (excluding diaryl/α,β-unsaturated/α-hetero) is 1. The first kappa shape index (κ1) is 18.8. The number of hydrogen-bond acceptors (Lipinski definition) is 6. The van der Waals surface area contributed by atoms with Gasteiger partial charge < -0.3 is 14.4 Å². The predicted molar refractivity (Wildman–Crippen MR) is 105 cm³/mol. The van der Waals surface area contributed by atoms with Gasteiger partial charge in [-0.05, 0) is 55.5 Å². The number of ketones is 1. The lowest BCUT2D eigenvalue weighted by molar-refractivity contribution is 0.0528. The van der Waals surface area contributed by atoms with Crippen LogP contribution in [0, 0.1) is 0 Å². The molecular weight excluding hydrogens is 372 g/mol. The molecule has 0 radical (unpaired) electrons. The molecular formula is C21H20N4O4. The van der Waals surface area contributed by atoms with Gasteiger partial charge in [0.15, 0.2) is 11.6 Å². The highest BCUT2D eigenvalue weighted by molar-refractivity contribution is 5.94. The van der Waals surface area contributed by atoms with E-state index in [-0.39, 0.29) is 11.8 Å². The molecule has 0 saturated carbocycles. The molecule has 29 heavy (non-hydrogen) atoms. The lowest BCUT2D eigenvalue weighted by atomic mass is 10.1. The molecule has 0 unspecified atom stereocenters. The summed E-state index contributed by atoms with van der Waals surface area (Å²) < 4.78 is 12.3. The minimum Gasteiger partial charge on any atom is -0.457 e. The fourth-order valence-electron chi connectivity index (χ4n) is 2.95. The van der Waals surface area contributed by atoms with Gasteiger partial charge >= 0.3 is 6.03 Å². The van der Waals surface area contributed by atoms with Crippen molar-refractivity contribution in [3.63, 3.8) is 0 Å². The van der Waals surface area contributed by atoms with E-state index in [1.165, 1.54) is 17.9 Å². The van der Waals surface area contributed by atoms with Crippen molar-refractivity contribution < 1.29 is 19.1 Å². The lowest BCUT2D eigenvalue weighted by Gasteiger charge is -2.25. The third kappa shape index (κ3) is 4.33. The summed E-state index contributed by atoms with van der Waals surface area (Å²) in [5.41, 5.74) is 1.42. The van der Waals surface area contributed by atoms with Gasteiger partial charge in [-0.25, -0.2) is 9.78 Å². The number of carbonyl (C=O) groups is 2.